The van der Waals surface area contributed by atoms with E-state index in [1.54, 1.807) is 13.2 Å². The topological polar surface area (TPSA) is 48.4 Å². The Morgan fingerprint density at radius 2 is 2.14 bits per heavy atom. The molecule has 1 heterocycles. The quantitative estimate of drug-likeness (QED) is 0.475. The molecule has 0 fully saturated rings. The molecule has 0 aliphatic heterocycles. The third-order valence-electron chi connectivity index (χ3n) is 4.49. The summed E-state index contributed by atoms with van der Waals surface area (Å²) in [6.07, 6.45) is 3.36. The molecule has 0 amide bonds. The van der Waals surface area contributed by atoms with Gasteiger partial charge in [-0.05, 0) is 31.2 Å². The number of nitrogens with zero attached hydrogens (tertiary/aromatic N) is 1. The first-order chi connectivity index (χ1) is 10.0. The molecule has 4 nitrogen and oxygen atoms in total. The normalized spacial score (nSPS) is 25.5. The zero-order valence-corrected chi connectivity index (χ0v) is 14.9. The van der Waals surface area contributed by atoms with Crippen molar-refractivity contribution in [3.05, 3.63) is 47.2 Å². The molecule has 1 unspecified atom stereocenters. The molecule has 2 aliphatic rings. The van der Waals surface area contributed by atoms with Gasteiger partial charge in [0.15, 0.2) is 0 Å². The van der Waals surface area contributed by atoms with Gasteiger partial charge in [-0.1, -0.05) is 17.7 Å². The Morgan fingerprint density at radius 3 is 2.77 bits per heavy atom. The number of esters is 1. The van der Waals surface area contributed by atoms with Crippen LogP contribution in [0.4, 0.5) is 0 Å². The first-order valence-electron chi connectivity index (χ1n) is 6.96. The van der Waals surface area contributed by atoms with E-state index in [2.05, 4.69) is 11.1 Å². The molecule has 22 heavy (non-hydrogen) atoms. The molecule has 5 heteroatoms. The van der Waals surface area contributed by atoms with E-state index in [0.29, 0.717) is 24.3 Å². The fraction of sp³-hybridized carbons (Fsp3) is 0.412. The fourth-order valence-electron chi connectivity index (χ4n) is 3.57. The average Bonchev–Trinajstić information content (AvgIpc) is 2.48. The van der Waals surface area contributed by atoms with Gasteiger partial charge in [0.2, 0.25) is 5.88 Å². The third-order valence-corrected chi connectivity index (χ3v) is 4.49. The van der Waals surface area contributed by atoms with E-state index in [-0.39, 0.29) is 37.7 Å². The number of carbonyl (C=O) groups excluding carboxylic acids is 1. The van der Waals surface area contributed by atoms with Crippen LogP contribution in [0.5, 0.6) is 5.88 Å². The summed E-state index contributed by atoms with van der Waals surface area (Å²) in [5, 5.41) is 0. The Morgan fingerprint density at radius 1 is 1.41 bits per heavy atom. The van der Waals surface area contributed by atoms with Crippen molar-refractivity contribution in [2.45, 2.75) is 25.2 Å². The summed E-state index contributed by atoms with van der Waals surface area (Å²) in [5.41, 5.74) is 2.62. The SMILES string of the molecule is [CH-]=C1C2C=C(C)C[C@]1(C(=O)OC)c1ccc(OC)nc1C2.[Sc]. The first kappa shape index (κ1) is 17.1. The first-order valence-corrected chi connectivity index (χ1v) is 6.96. The molecular weight excluding hydrogens is 311 g/mol. The van der Waals surface area contributed by atoms with Gasteiger partial charge in [-0.2, -0.15) is 0 Å². The van der Waals surface area contributed by atoms with Crippen LogP contribution in [-0.2, 0) is 47.2 Å². The standard InChI is InChI=1S/C17H18NO3.Sc/c1-10-7-12-8-14-13(5-6-15(18-14)20-3)17(9-10,11(12)2)16(19)21-4;/h2,5-7,12H,8-9H2,1,3-4H3;/q-1;/t12?,17-;/m1./s1. The number of carbonyl (C=O) groups is 1. The molecule has 3 rings (SSSR count). The van der Waals surface area contributed by atoms with Crippen molar-refractivity contribution < 1.29 is 40.1 Å². The second kappa shape index (κ2) is 6.11. The van der Waals surface area contributed by atoms with Crippen LogP contribution in [0.3, 0.4) is 0 Å². The zero-order valence-electron chi connectivity index (χ0n) is 13.1. The molecule has 2 bridgehead atoms. The molecule has 2 atom stereocenters. The van der Waals surface area contributed by atoms with Gasteiger partial charge in [0.25, 0.3) is 0 Å². The van der Waals surface area contributed by atoms with Crippen molar-refractivity contribution in [3.63, 3.8) is 0 Å². The maximum Gasteiger partial charge on any atom is 0.317 e. The van der Waals surface area contributed by atoms with E-state index in [0.717, 1.165) is 16.8 Å². The van der Waals surface area contributed by atoms with E-state index in [1.165, 1.54) is 7.11 Å². The van der Waals surface area contributed by atoms with E-state index < -0.39 is 5.41 Å². The Hall–Kier alpha value is -1.23. The van der Waals surface area contributed by atoms with E-state index in [9.17, 15) is 4.79 Å². The smallest absolute Gasteiger partial charge is 0.317 e. The van der Waals surface area contributed by atoms with Gasteiger partial charge in [-0.3, -0.25) is 4.79 Å². The Kier molecular flexibility index (Phi) is 4.76. The average molecular weight is 329 g/mol. The molecule has 1 radical (unpaired) electrons. The largest absolute Gasteiger partial charge is 0.512 e. The van der Waals surface area contributed by atoms with Crippen LogP contribution in [0.25, 0.3) is 0 Å². The van der Waals surface area contributed by atoms with E-state index in [4.69, 9.17) is 16.1 Å². The van der Waals surface area contributed by atoms with Gasteiger partial charge in [0.1, 0.15) is 0 Å². The number of ether oxygens (including phenoxy) is 2. The van der Waals surface area contributed by atoms with Crippen LogP contribution in [0.1, 0.15) is 24.6 Å². The Bertz CT molecular complexity index is 668. The maximum absolute atomic E-state index is 12.6. The summed E-state index contributed by atoms with van der Waals surface area (Å²) in [6, 6.07) is 3.66. The molecule has 0 saturated heterocycles. The number of rotatable bonds is 2. The van der Waals surface area contributed by atoms with Crippen molar-refractivity contribution in [1.29, 1.82) is 0 Å². The van der Waals surface area contributed by atoms with Crippen molar-refractivity contribution in [2.24, 2.45) is 5.92 Å². The number of hydrogen-bond donors (Lipinski definition) is 0. The summed E-state index contributed by atoms with van der Waals surface area (Å²) >= 11 is 0. The van der Waals surface area contributed by atoms with Gasteiger partial charge in [0.05, 0.1) is 19.6 Å². The molecule has 0 aromatic carbocycles. The summed E-state index contributed by atoms with van der Waals surface area (Å²) < 4.78 is 10.3. The van der Waals surface area contributed by atoms with Crippen molar-refractivity contribution in [1.82, 2.24) is 4.98 Å². The zero-order chi connectivity index (χ0) is 15.2. The van der Waals surface area contributed by atoms with Gasteiger partial charge in [-0.25, -0.2) is 10.6 Å². The second-order valence-electron chi connectivity index (χ2n) is 5.70. The fourth-order valence-corrected chi connectivity index (χ4v) is 3.57. The molecule has 0 spiro atoms. The second-order valence-corrected chi connectivity index (χ2v) is 5.70. The predicted octanol–water partition coefficient (Wildman–Crippen LogP) is 2.38. The minimum Gasteiger partial charge on any atom is -0.512 e. The van der Waals surface area contributed by atoms with Crippen molar-refractivity contribution >= 4 is 5.97 Å². The van der Waals surface area contributed by atoms with Crippen LogP contribution in [-0.4, -0.2) is 25.2 Å². The molecule has 1 aromatic rings. The summed E-state index contributed by atoms with van der Waals surface area (Å²) in [7, 11) is 2.98. The van der Waals surface area contributed by atoms with Crippen LogP contribution >= 0.6 is 0 Å². The number of pyridine rings is 1. The van der Waals surface area contributed by atoms with Crippen molar-refractivity contribution in [3.8, 4) is 5.88 Å². The minimum atomic E-state index is -0.912. The van der Waals surface area contributed by atoms with Crippen molar-refractivity contribution in [2.75, 3.05) is 14.2 Å². The number of aromatic nitrogens is 1. The maximum atomic E-state index is 12.6. The van der Waals surface area contributed by atoms with Crippen LogP contribution < -0.4 is 4.74 Å². The molecule has 2 aliphatic carbocycles. The predicted molar refractivity (Wildman–Crippen MR) is 77.9 cm³/mol. The monoisotopic (exact) mass is 329 g/mol. The number of methoxy groups -OCH3 is 2. The molecule has 1 aromatic heterocycles. The van der Waals surface area contributed by atoms with Crippen LogP contribution in [0, 0.1) is 12.5 Å². The van der Waals surface area contributed by atoms with Gasteiger partial charge in [0, 0.05) is 37.6 Å². The van der Waals surface area contributed by atoms with E-state index >= 15 is 0 Å². The Balaban J connectivity index is 0.00000176. The molecule has 0 saturated carbocycles. The molecular formula is C17H18NO3Sc-. The number of allylic oxidation sites excluding steroid dienone is 2. The van der Waals surface area contributed by atoms with Gasteiger partial charge in [-0.15, -0.1) is 0 Å². The van der Waals surface area contributed by atoms with Gasteiger partial charge >= 0.3 is 5.97 Å². The summed E-state index contributed by atoms with van der Waals surface area (Å²) in [5.74, 6) is 0.253. The summed E-state index contributed by atoms with van der Waals surface area (Å²) in [4.78, 5) is 17.1. The Labute approximate surface area is 149 Å². The number of fused-ring (bicyclic) bond motifs is 4. The number of hydrogen-bond acceptors (Lipinski definition) is 4. The molecule has 113 valence electrons. The molecule has 0 N–H and O–H groups in total. The minimum absolute atomic E-state index is 0. The van der Waals surface area contributed by atoms with E-state index in [1.807, 2.05) is 13.0 Å². The van der Waals surface area contributed by atoms with Gasteiger partial charge < -0.3 is 16.1 Å². The third kappa shape index (κ3) is 2.30. The summed E-state index contributed by atoms with van der Waals surface area (Å²) in [6.45, 7) is 8.38. The van der Waals surface area contributed by atoms with Crippen LogP contribution in [0.2, 0.25) is 0 Å². The van der Waals surface area contributed by atoms with Crippen LogP contribution in [0.15, 0.2) is 29.4 Å².